The minimum absolute atomic E-state index is 0.334. The number of hydrogen-bond donors (Lipinski definition) is 1. The maximum Gasteiger partial charge on any atom is 0.179 e. The number of aryl methyl sites for hydroxylation is 1. The van der Waals surface area contributed by atoms with Gasteiger partial charge >= 0.3 is 0 Å². The van der Waals surface area contributed by atoms with Gasteiger partial charge in [0.05, 0.1) is 25.4 Å². The lowest BCUT2D eigenvalue weighted by molar-refractivity contribution is 0.354. The molecule has 1 aliphatic carbocycles. The summed E-state index contributed by atoms with van der Waals surface area (Å²) in [5.74, 6) is 1.23. The van der Waals surface area contributed by atoms with Crippen LogP contribution in [0.25, 0.3) is 0 Å². The largest absolute Gasteiger partial charge is 0.493 e. The number of fused-ring (bicyclic) bond motifs is 1. The maximum absolute atomic E-state index is 6.29. The summed E-state index contributed by atoms with van der Waals surface area (Å²) in [6.07, 6.45) is 5.44. The van der Waals surface area contributed by atoms with E-state index in [0.717, 1.165) is 31.5 Å². The molecule has 3 rings (SSSR count). The molecule has 0 radical (unpaired) electrons. The second-order valence-corrected chi connectivity index (χ2v) is 6.41. The van der Waals surface area contributed by atoms with Crippen LogP contribution in [0.4, 0.5) is 0 Å². The van der Waals surface area contributed by atoms with Crippen LogP contribution in [0.3, 0.4) is 0 Å². The number of nitrogens with zero attached hydrogens (tertiary/aromatic N) is 2. The van der Waals surface area contributed by atoms with Crippen LogP contribution in [-0.2, 0) is 19.5 Å². The zero-order valence-electron chi connectivity index (χ0n) is 14.4. The second-order valence-electron chi connectivity index (χ2n) is 6.00. The fraction of sp³-hybridized carbons (Fsp3) is 0.500. The molecule has 6 heteroatoms. The van der Waals surface area contributed by atoms with Gasteiger partial charge in [0.2, 0.25) is 0 Å². The highest BCUT2D eigenvalue weighted by Gasteiger charge is 2.23. The molecular formula is C18H24ClN3O2. The number of halogens is 1. The molecule has 24 heavy (non-hydrogen) atoms. The second kappa shape index (κ2) is 7.45. The molecule has 0 unspecified atom stereocenters. The molecule has 0 fully saturated rings. The highest BCUT2D eigenvalue weighted by atomic mass is 35.5. The van der Waals surface area contributed by atoms with Crippen LogP contribution in [-0.4, -0.2) is 24.0 Å². The maximum atomic E-state index is 6.29. The molecule has 2 aromatic rings. The predicted octanol–water partition coefficient (Wildman–Crippen LogP) is 3.74. The highest BCUT2D eigenvalue weighted by Crippen LogP contribution is 2.36. The molecule has 5 nitrogen and oxygen atoms in total. The van der Waals surface area contributed by atoms with E-state index in [1.165, 1.54) is 17.7 Å². The van der Waals surface area contributed by atoms with Crippen molar-refractivity contribution >= 4 is 11.6 Å². The third-order valence-corrected chi connectivity index (χ3v) is 4.89. The molecule has 1 heterocycles. The van der Waals surface area contributed by atoms with Crippen LogP contribution >= 0.6 is 11.6 Å². The van der Waals surface area contributed by atoms with E-state index in [9.17, 15) is 0 Å². The summed E-state index contributed by atoms with van der Waals surface area (Å²) >= 11 is 6.29. The third kappa shape index (κ3) is 3.23. The Morgan fingerprint density at radius 3 is 2.88 bits per heavy atom. The average molecular weight is 350 g/mol. The fourth-order valence-corrected chi connectivity index (χ4v) is 3.73. The van der Waals surface area contributed by atoms with E-state index in [2.05, 4.69) is 22.0 Å². The van der Waals surface area contributed by atoms with E-state index in [-0.39, 0.29) is 0 Å². The molecule has 0 bridgehead atoms. The van der Waals surface area contributed by atoms with E-state index in [1.54, 1.807) is 14.2 Å². The number of aromatic nitrogens is 2. The first-order valence-corrected chi connectivity index (χ1v) is 8.74. The van der Waals surface area contributed by atoms with Gasteiger partial charge in [-0.05, 0) is 43.9 Å². The van der Waals surface area contributed by atoms with Crippen LogP contribution in [0.15, 0.2) is 18.3 Å². The number of rotatable bonds is 6. The van der Waals surface area contributed by atoms with Crippen molar-refractivity contribution in [3.8, 4) is 11.5 Å². The van der Waals surface area contributed by atoms with Crippen molar-refractivity contribution < 1.29 is 9.47 Å². The zero-order valence-corrected chi connectivity index (χ0v) is 15.2. The van der Waals surface area contributed by atoms with Gasteiger partial charge < -0.3 is 14.8 Å². The summed E-state index contributed by atoms with van der Waals surface area (Å²) in [6, 6.07) is 4.23. The van der Waals surface area contributed by atoms with Crippen molar-refractivity contribution in [1.82, 2.24) is 15.1 Å². The zero-order chi connectivity index (χ0) is 17.1. The Morgan fingerprint density at radius 2 is 2.17 bits per heavy atom. The molecule has 1 aliphatic rings. The SMILES string of the molecule is CCn1ncc2c1CCC[C@H]2NCc1cc(Cl)c(OC)c(OC)c1. The number of ether oxygens (including phenoxy) is 2. The van der Waals surface area contributed by atoms with Crippen LogP contribution in [0.5, 0.6) is 11.5 Å². The van der Waals surface area contributed by atoms with Gasteiger partial charge in [0.15, 0.2) is 11.5 Å². The van der Waals surface area contributed by atoms with Gasteiger partial charge in [-0.3, -0.25) is 4.68 Å². The molecule has 0 aliphatic heterocycles. The molecule has 0 saturated carbocycles. The quantitative estimate of drug-likeness (QED) is 0.863. The minimum Gasteiger partial charge on any atom is -0.493 e. The van der Waals surface area contributed by atoms with E-state index in [4.69, 9.17) is 21.1 Å². The van der Waals surface area contributed by atoms with Gasteiger partial charge in [-0.2, -0.15) is 5.10 Å². The lowest BCUT2D eigenvalue weighted by Gasteiger charge is -2.24. The van der Waals surface area contributed by atoms with E-state index >= 15 is 0 Å². The number of benzene rings is 1. The predicted molar refractivity (Wildman–Crippen MR) is 95.0 cm³/mol. The molecule has 0 spiro atoms. The molecule has 1 atom stereocenters. The van der Waals surface area contributed by atoms with Gasteiger partial charge in [0, 0.05) is 30.4 Å². The summed E-state index contributed by atoms with van der Waals surface area (Å²) in [5.41, 5.74) is 3.77. The third-order valence-electron chi connectivity index (χ3n) is 4.61. The Hall–Kier alpha value is -1.72. The average Bonchev–Trinajstić information content (AvgIpc) is 3.03. The van der Waals surface area contributed by atoms with Crippen molar-refractivity contribution in [3.63, 3.8) is 0 Å². The lowest BCUT2D eigenvalue weighted by atomic mass is 9.93. The molecule has 1 aromatic carbocycles. The number of methoxy groups -OCH3 is 2. The van der Waals surface area contributed by atoms with Crippen LogP contribution in [0.2, 0.25) is 5.02 Å². The van der Waals surface area contributed by atoms with Crippen molar-refractivity contribution in [2.45, 2.75) is 45.3 Å². The Labute approximate surface area is 147 Å². The molecule has 0 saturated heterocycles. The lowest BCUT2D eigenvalue weighted by Crippen LogP contribution is -2.25. The van der Waals surface area contributed by atoms with Crippen molar-refractivity contribution in [3.05, 3.63) is 40.2 Å². The van der Waals surface area contributed by atoms with E-state index in [1.807, 2.05) is 18.3 Å². The first-order valence-electron chi connectivity index (χ1n) is 8.36. The van der Waals surface area contributed by atoms with E-state index < -0.39 is 0 Å². The van der Waals surface area contributed by atoms with Crippen LogP contribution < -0.4 is 14.8 Å². The van der Waals surface area contributed by atoms with Gasteiger partial charge in [-0.15, -0.1) is 0 Å². The summed E-state index contributed by atoms with van der Waals surface area (Å²) in [6.45, 7) is 3.78. The summed E-state index contributed by atoms with van der Waals surface area (Å²) in [4.78, 5) is 0. The number of hydrogen-bond acceptors (Lipinski definition) is 4. The summed E-state index contributed by atoms with van der Waals surface area (Å²) < 4.78 is 12.8. The molecule has 130 valence electrons. The summed E-state index contributed by atoms with van der Waals surface area (Å²) in [7, 11) is 3.22. The first kappa shape index (κ1) is 17.1. The molecule has 0 amide bonds. The van der Waals surface area contributed by atoms with Gasteiger partial charge in [0.1, 0.15) is 0 Å². The fourth-order valence-electron chi connectivity index (χ4n) is 3.42. The van der Waals surface area contributed by atoms with Gasteiger partial charge in [-0.1, -0.05) is 11.6 Å². The topological polar surface area (TPSA) is 48.3 Å². The molecular weight excluding hydrogens is 326 g/mol. The monoisotopic (exact) mass is 349 g/mol. The van der Waals surface area contributed by atoms with Gasteiger partial charge in [-0.25, -0.2) is 0 Å². The van der Waals surface area contributed by atoms with Crippen LogP contribution in [0, 0.1) is 0 Å². The van der Waals surface area contributed by atoms with Crippen LogP contribution in [0.1, 0.15) is 42.6 Å². The standard InChI is InChI=1S/C18H24ClN3O2/c1-4-22-16-7-5-6-15(13(16)11-21-22)20-10-12-8-14(19)18(24-3)17(9-12)23-2/h8-9,11,15,20H,4-7,10H2,1-3H3/t15-/m1/s1. The normalized spacial score (nSPS) is 16.8. The number of nitrogens with one attached hydrogen (secondary N) is 1. The smallest absolute Gasteiger partial charge is 0.179 e. The van der Waals surface area contributed by atoms with Crippen molar-refractivity contribution in [2.24, 2.45) is 0 Å². The Balaban J connectivity index is 1.75. The minimum atomic E-state index is 0.334. The van der Waals surface area contributed by atoms with Crippen molar-refractivity contribution in [1.29, 1.82) is 0 Å². The molecule has 1 aromatic heterocycles. The first-order chi connectivity index (χ1) is 11.7. The Morgan fingerprint density at radius 1 is 1.33 bits per heavy atom. The van der Waals surface area contributed by atoms with Gasteiger partial charge in [0.25, 0.3) is 0 Å². The molecule has 1 N–H and O–H groups in total. The Kier molecular flexibility index (Phi) is 5.31. The Bertz CT molecular complexity index is 715. The summed E-state index contributed by atoms with van der Waals surface area (Å²) in [5, 5.41) is 8.71. The highest BCUT2D eigenvalue weighted by molar-refractivity contribution is 6.32. The van der Waals surface area contributed by atoms with Crippen molar-refractivity contribution in [2.75, 3.05) is 14.2 Å². The van der Waals surface area contributed by atoms with E-state index in [0.29, 0.717) is 22.6 Å².